The quantitative estimate of drug-likeness (QED) is 0.656. The largest absolute Gasteiger partial charge is 0.497 e. The third-order valence-corrected chi connectivity index (χ3v) is 5.94. The number of amides is 1. The molecule has 0 bridgehead atoms. The van der Waals surface area contributed by atoms with Crippen LogP contribution in [0.2, 0.25) is 0 Å². The van der Waals surface area contributed by atoms with Gasteiger partial charge in [0.05, 0.1) is 25.8 Å². The number of carbonyl (C=O) groups excluding carboxylic acids is 1. The molecule has 2 aliphatic rings. The first-order valence-electron chi connectivity index (χ1n) is 10.8. The zero-order valence-corrected chi connectivity index (χ0v) is 18.0. The summed E-state index contributed by atoms with van der Waals surface area (Å²) in [6.45, 7) is 2.25. The molecule has 9 nitrogen and oxygen atoms in total. The van der Waals surface area contributed by atoms with E-state index in [9.17, 15) is 4.79 Å². The number of carbonyl (C=O) groups is 1. The van der Waals surface area contributed by atoms with Gasteiger partial charge in [0.1, 0.15) is 11.6 Å². The molecule has 0 saturated carbocycles. The molecule has 1 amide bonds. The molecular formula is C23H25N7O2. The Morgan fingerprint density at radius 2 is 1.75 bits per heavy atom. The van der Waals surface area contributed by atoms with Crippen LogP contribution in [0.4, 0.5) is 17.7 Å². The van der Waals surface area contributed by atoms with Crippen molar-refractivity contribution >= 4 is 23.6 Å². The van der Waals surface area contributed by atoms with Crippen molar-refractivity contribution < 1.29 is 9.53 Å². The molecule has 0 unspecified atom stereocenters. The van der Waals surface area contributed by atoms with Crippen LogP contribution >= 0.6 is 0 Å². The van der Waals surface area contributed by atoms with Crippen LogP contribution in [0.3, 0.4) is 0 Å². The maximum Gasteiger partial charge on any atom is 0.233 e. The van der Waals surface area contributed by atoms with Crippen molar-refractivity contribution in [2.45, 2.75) is 32.2 Å². The highest BCUT2D eigenvalue weighted by Gasteiger charge is 2.34. The number of piperidine rings is 1. The van der Waals surface area contributed by atoms with Crippen LogP contribution in [-0.2, 0) is 17.8 Å². The van der Waals surface area contributed by atoms with Crippen LogP contribution in [0.25, 0.3) is 11.3 Å². The molecule has 3 aromatic rings. The Balaban J connectivity index is 1.57. The lowest BCUT2D eigenvalue weighted by Gasteiger charge is -2.28. The van der Waals surface area contributed by atoms with Gasteiger partial charge in [0.25, 0.3) is 0 Å². The molecule has 9 heteroatoms. The minimum absolute atomic E-state index is 0.00137. The second-order valence-electron chi connectivity index (χ2n) is 8.06. The molecule has 0 radical (unpaired) electrons. The van der Waals surface area contributed by atoms with Crippen LogP contribution in [0.15, 0.2) is 36.7 Å². The van der Waals surface area contributed by atoms with Crippen molar-refractivity contribution in [3.8, 4) is 17.0 Å². The zero-order chi connectivity index (χ0) is 22.1. The summed E-state index contributed by atoms with van der Waals surface area (Å²) in [7, 11) is 1.64. The van der Waals surface area contributed by atoms with Crippen LogP contribution in [0, 0.1) is 0 Å². The molecule has 164 valence electrons. The molecule has 0 aliphatic carbocycles. The van der Waals surface area contributed by atoms with Gasteiger partial charge in [-0.3, -0.25) is 9.69 Å². The van der Waals surface area contributed by atoms with E-state index in [2.05, 4.69) is 14.9 Å². The number of hydrogen-bond donors (Lipinski definition) is 1. The molecule has 1 saturated heterocycles. The van der Waals surface area contributed by atoms with Crippen molar-refractivity contribution in [1.29, 1.82) is 0 Å². The average Bonchev–Trinajstić information content (AvgIpc) is 3.15. The fourth-order valence-electron chi connectivity index (χ4n) is 4.22. The maximum absolute atomic E-state index is 13.1. The molecule has 2 aromatic heterocycles. The summed E-state index contributed by atoms with van der Waals surface area (Å²) >= 11 is 0. The highest BCUT2D eigenvalue weighted by Crippen LogP contribution is 2.37. The smallest absolute Gasteiger partial charge is 0.233 e. The van der Waals surface area contributed by atoms with Gasteiger partial charge in [-0.1, -0.05) is 12.1 Å². The van der Waals surface area contributed by atoms with Gasteiger partial charge in [0, 0.05) is 36.6 Å². The number of nitrogen functional groups attached to an aromatic ring is 1. The predicted molar refractivity (Wildman–Crippen MR) is 121 cm³/mol. The van der Waals surface area contributed by atoms with Crippen molar-refractivity contribution in [3.05, 3.63) is 47.8 Å². The molecule has 2 N–H and O–H groups in total. The highest BCUT2D eigenvalue weighted by atomic mass is 16.5. The summed E-state index contributed by atoms with van der Waals surface area (Å²) in [6.07, 6.45) is 6.97. The SMILES string of the molecule is COc1ccc(CN2C(=O)Cc3c(-c4cnc(N)nc4)nc(N4CCCCC4)nc32)cc1. The Kier molecular flexibility index (Phi) is 5.30. The van der Waals surface area contributed by atoms with E-state index in [1.807, 2.05) is 24.3 Å². The number of hydrogen-bond acceptors (Lipinski definition) is 8. The number of nitrogens with zero attached hydrogens (tertiary/aromatic N) is 6. The van der Waals surface area contributed by atoms with Crippen LogP contribution in [-0.4, -0.2) is 46.0 Å². The van der Waals surface area contributed by atoms with Crippen LogP contribution in [0.1, 0.15) is 30.4 Å². The normalized spacial score (nSPS) is 15.7. The topological polar surface area (TPSA) is 110 Å². The van der Waals surface area contributed by atoms with Crippen molar-refractivity contribution in [1.82, 2.24) is 19.9 Å². The first kappa shape index (κ1) is 20.2. The molecule has 4 heterocycles. The number of anilines is 3. The van der Waals surface area contributed by atoms with Crippen molar-refractivity contribution in [2.75, 3.05) is 35.7 Å². The standard InChI is InChI=1S/C23H25N7O2/c1-32-17-7-5-15(6-8-17)14-30-19(31)11-18-20(16-12-25-22(24)26-13-16)27-23(28-21(18)30)29-9-3-2-4-10-29/h5-8,12-13H,2-4,9-11,14H2,1H3,(H2,24,25,26). The fourth-order valence-corrected chi connectivity index (χ4v) is 4.22. The monoisotopic (exact) mass is 431 g/mol. The number of rotatable bonds is 5. The van der Waals surface area contributed by atoms with Gasteiger partial charge in [-0.05, 0) is 37.0 Å². The predicted octanol–water partition coefficient (Wildman–Crippen LogP) is 2.60. The summed E-state index contributed by atoms with van der Waals surface area (Å²) in [4.78, 5) is 35.0. The van der Waals surface area contributed by atoms with Crippen LogP contribution in [0.5, 0.6) is 5.75 Å². The van der Waals surface area contributed by atoms with E-state index in [-0.39, 0.29) is 18.3 Å². The van der Waals surface area contributed by atoms with Gasteiger partial charge in [-0.25, -0.2) is 15.0 Å². The molecule has 0 atom stereocenters. The zero-order valence-electron chi connectivity index (χ0n) is 18.0. The van der Waals surface area contributed by atoms with Gasteiger partial charge in [0.15, 0.2) is 0 Å². The van der Waals surface area contributed by atoms with Gasteiger partial charge in [0.2, 0.25) is 17.8 Å². The lowest BCUT2D eigenvalue weighted by molar-refractivity contribution is -0.117. The fraction of sp³-hybridized carbons (Fsp3) is 0.348. The first-order chi connectivity index (χ1) is 15.6. The van der Waals surface area contributed by atoms with E-state index < -0.39 is 0 Å². The Hall–Kier alpha value is -3.75. The Morgan fingerprint density at radius 1 is 1.03 bits per heavy atom. The first-order valence-corrected chi connectivity index (χ1v) is 10.8. The number of ether oxygens (including phenoxy) is 1. The van der Waals surface area contributed by atoms with E-state index in [1.54, 1.807) is 24.4 Å². The molecular weight excluding hydrogens is 406 g/mol. The number of fused-ring (bicyclic) bond motifs is 1. The Labute approximate surface area is 186 Å². The lowest BCUT2D eigenvalue weighted by atomic mass is 10.1. The third kappa shape index (κ3) is 3.81. The van der Waals surface area contributed by atoms with Crippen LogP contribution < -0.4 is 20.3 Å². The van der Waals surface area contributed by atoms with E-state index in [0.717, 1.165) is 48.4 Å². The summed E-state index contributed by atoms with van der Waals surface area (Å²) in [6, 6.07) is 7.72. The van der Waals surface area contributed by atoms with Crippen molar-refractivity contribution in [2.24, 2.45) is 0 Å². The molecule has 2 aliphatic heterocycles. The number of benzene rings is 1. The maximum atomic E-state index is 13.1. The number of nitrogens with two attached hydrogens (primary N) is 1. The second kappa shape index (κ2) is 8.41. The molecule has 1 fully saturated rings. The molecule has 1 aromatic carbocycles. The third-order valence-electron chi connectivity index (χ3n) is 5.94. The average molecular weight is 432 g/mol. The van der Waals surface area contributed by atoms with Gasteiger partial charge in [-0.2, -0.15) is 4.98 Å². The van der Waals surface area contributed by atoms with Gasteiger partial charge in [-0.15, -0.1) is 0 Å². The molecule has 5 rings (SSSR count). The minimum Gasteiger partial charge on any atom is -0.497 e. The van der Waals surface area contributed by atoms with Gasteiger partial charge >= 0.3 is 0 Å². The molecule has 0 spiro atoms. The summed E-state index contributed by atoms with van der Waals surface area (Å²) in [5.41, 5.74) is 8.91. The summed E-state index contributed by atoms with van der Waals surface area (Å²) < 4.78 is 5.25. The Bertz CT molecular complexity index is 1130. The van der Waals surface area contributed by atoms with E-state index in [4.69, 9.17) is 20.4 Å². The summed E-state index contributed by atoms with van der Waals surface area (Å²) in [5.74, 6) is 2.28. The number of methoxy groups -OCH3 is 1. The second-order valence-corrected chi connectivity index (χ2v) is 8.06. The Morgan fingerprint density at radius 3 is 2.44 bits per heavy atom. The van der Waals surface area contributed by atoms with Gasteiger partial charge < -0.3 is 15.4 Å². The summed E-state index contributed by atoms with van der Waals surface area (Å²) in [5, 5.41) is 0. The number of aromatic nitrogens is 4. The lowest BCUT2D eigenvalue weighted by Crippen LogP contribution is -2.32. The van der Waals surface area contributed by atoms with E-state index in [0.29, 0.717) is 24.0 Å². The minimum atomic E-state index is -0.00137. The van der Waals surface area contributed by atoms with E-state index in [1.165, 1.54) is 6.42 Å². The highest BCUT2D eigenvalue weighted by molar-refractivity contribution is 6.02. The van der Waals surface area contributed by atoms with Crippen molar-refractivity contribution in [3.63, 3.8) is 0 Å². The van der Waals surface area contributed by atoms with E-state index >= 15 is 0 Å². The molecule has 32 heavy (non-hydrogen) atoms.